The molecule has 0 saturated heterocycles. The van der Waals surface area contributed by atoms with Gasteiger partial charge in [0, 0.05) is 17.6 Å². The van der Waals surface area contributed by atoms with Crippen LogP contribution in [0.1, 0.15) is 20.8 Å². The van der Waals surface area contributed by atoms with E-state index in [4.69, 9.17) is 10.5 Å². The second-order valence-corrected chi connectivity index (χ2v) is 5.80. The standard InChI is InChI=1S/C16H20N4O2/c1-16(2,3)22-15(21)20-12-6-4-5-11(9-12)19-14-7-8-18-10-13(14)17/h4-10H,17H2,1-3H3,(H,18,19)(H,20,21). The van der Waals surface area contributed by atoms with E-state index in [2.05, 4.69) is 15.6 Å². The summed E-state index contributed by atoms with van der Waals surface area (Å²) in [7, 11) is 0. The Labute approximate surface area is 129 Å². The predicted molar refractivity (Wildman–Crippen MR) is 88.2 cm³/mol. The van der Waals surface area contributed by atoms with Gasteiger partial charge in [-0.2, -0.15) is 0 Å². The van der Waals surface area contributed by atoms with Crippen LogP contribution in [0.3, 0.4) is 0 Å². The molecular formula is C16H20N4O2. The lowest BCUT2D eigenvalue weighted by Gasteiger charge is -2.19. The number of nitrogen functional groups attached to an aromatic ring is 1. The molecule has 0 fully saturated rings. The number of nitrogens with zero attached hydrogens (tertiary/aromatic N) is 1. The third-order valence-corrected chi connectivity index (χ3v) is 2.64. The number of nitrogens with two attached hydrogens (primary N) is 1. The summed E-state index contributed by atoms with van der Waals surface area (Å²) in [6.45, 7) is 5.45. The van der Waals surface area contributed by atoms with Gasteiger partial charge < -0.3 is 15.8 Å². The van der Waals surface area contributed by atoms with Crippen LogP contribution in [0, 0.1) is 0 Å². The van der Waals surface area contributed by atoms with Crippen LogP contribution >= 0.6 is 0 Å². The van der Waals surface area contributed by atoms with Crippen molar-refractivity contribution in [3.8, 4) is 0 Å². The van der Waals surface area contributed by atoms with E-state index in [-0.39, 0.29) is 0 Å². The fourth-order valence-corrected chi connectivity index (χ4v) is 1.77. The zero-order valence-electron chi connectivity index (χ0n) is 12.9. The first-order chi connectivity index (χ1) is 10.3. The Hall–Kier alpha value is -2.76. The van der Waals surface area contributed by atoms with Gasteiger partial charge in [-0.1, -0.05) is 6.07 Å². The Morgan fingerprint density at radius 1 is 1.23 bits per heavy atom. The maximum atomic E-state index is 11.8. The first-order valence-electron chi connectivity index (χ1n) is 6.90. The lowest BCUT2D eigenvalue weighted by Crippen LogP contribution is -2.27. The minimum absolute atomic E-state index is 0.493. The van der Waals surface area contributed by atoms with Gasteiger partial charge in [0.25, 0.3) is 0 Å². The molecular weight excluding hydrogens is 280 g/mol. The summed E-state index contributed by atoms with van der Waals surface area (Å²) in [6, 6.07) is 9.06. The SMILES string of the molecule is CC(C)(C)OC(=O)Nc1cccc(Nc2ccncc2N)c1. The number of carbonyl (C=O) groups is 1. The molecule has 0 atom stereocenters. The average Bonchev–Trinajstić information content (AvgIpc) is 2.39. The lowest BCUT2D eigenvalue weighted by atomic mass is 10.2. The summed E-state index contributed by atoms with van der Waals surface area (Å²) in [6.07, 6.45) is 2.74. The number of rotatable bonds is 3. The van der Waals surface area contributed by atoms with Crippen molar-refractivity contribution >= 4 is 28.8 Å². The summed E-state index contributed by atoms with van der Waals surface area (Å²) in [4.78, 5) is 15.7. The molecule has 6 heteroatoms. The molecule has 0 spiro atoms. The van der Waals surface area contributed by atoms with Gasteiger partial charge in [-0.05, 0) is 45.0 Å². The predicted octanol–water partition coefficient (Wildman–Crippen LogP) is 3.75. The highest BCUT2D eigenvalue weighted by Gasteiger charge is 2.16. The van der Waals surface area contributed by atoms with Crippen LogP contribution < -0.4 is 16.4 Å². The fourth-order valence-electron chi connectivity index (χ4n) is 1.77. The molecule has 0 bridgehead atoms. The molecule has 22 heavy (non-hydrogen) atoms. The van der Waals surface area contributed by atoms with Gasteiger partial charge in [-0.3, -0.25) is 10.3 Å². The number of hydrogen-bond donors (Lipinski definition) is 3. The number of nitrogens with one attached hydrogen (secondary N) is 2. The summed E-state index contributed by atoms with van der Waals surface area (Å²) in [5.41, 5.74) is 8.04. The van der Waals surface area contributed by atoms with E-state index in [0.29, 0.717) is 11.4 Å². The topological polar surface area (TPSA) is 89.3 Å². The molecule has 1 heterocycles. The van der Waals surface area contributed by atoms with Crippen LogP contribution in [0.25, 0.3) is 0 Å². The van der Waals surface area contributed by atoms with Gasteiger partial charge in [0.15, 0.2) is 0 Å². The number of benzene rings is 1. The number of anilines is 4. The molecule has 0 aliphatic carbocycles. The molecule has 0 unspecified atom stereocenters. The average molecular weight is 300 g/mol. The van der Waals surface area contributed by atoms with Crippen LogP contribution in [0.5, 0.6) is 0 Å². The second kappa shape index (κ2) is 6.34. The van der Waals surface area contributed by atoms with Gasteiger partial charge in [-0.25, -0.2) is 4.79 Å². The van der Waals surface area contributed by atoms with Crippen molar-refractivity contribution in [1.82, 2.24) is 4.98 Å². The minimum Gasteiger partial charge on any atom is -0.444 e. The van der Waals surface area contributed by atoms with Gasteiger partial charge in [0.1, 0.15) is 5.60 Å². The summed E-state index contributed by atoms with van der Waals surface area (Å²) in [5.74, 6) is 0. The number of carbonyl (C=O) groups excluding carboxylic acids is 1. The Morgan fingerprint density at radius 3 is 2.64 bits per heavy atom. The van der Waals surface area contributed by atoms with E-state index in [1.54, 1.807) is 30.6 Å². The summed E-state index contributed by atoms with van der Waals surface area (Å²) < 4.78 is 5.22. The first kappa shape index (κ1) is 15.6. The quantitative estimate of drug-likeness (QED) is 0.803. The molecule has 0 aliphatic rings. The van der Waals surface area contributed by atoms with Crippen LogP contribution in [-0.4, -0.2) is 16.7 Å². The molecule has 6 nitrogen and oxygen atoms in total. The zero-order valence-corrected chi connectivity index (χ0v) is 12.9. The highest BCUT2D eigenvalue weighted by molar-refractivity contribution is 5.86. The van der Waals surface area contributed by atoms with E-state index < -0.39 is 11.7 Å². The van der Waals surface area contributed by atoms with Crippen LogP contribution in [0.2, 0.25) is 0 Å². The largest absolute Gasteiger partial charge is 0.444 e. The van der Waals surface area contributed by atoms with Crippen molar-refractivity contribution in [2.24, 2.45) is 0 Å². The Kier molecular flexibility index (Phi) is 4.50. The highest BCUT2D eigenvalue weighted by Crippen LogP contribution is 2.24. The monoisotopic (exact) mass is 300 g/mol. The smallest absolute Gasteiger partial charge is 0.412 e. The normalized spacial score (nSPS) is 10.9. The molecule has 0 radical (unpaired) electrons. The number of hydrogen-bond acceptors (Lipinski definition) is 5. The molecule has 1 aromatic carbocycles. The maximum Gasteiger partial charge on any atom is 0.412 e. The summed E-state index contributed by atoms with van der Waals surface area (Å²) in [5, 5.41) is 5.87. The highest BCUT2D eigenvalue weighted by atomic mass is 16.6. The fraction of sp³-hybridized carbons (Fsp3) is 0.250. The second-order valence-electron chi connectivity index (χ2n) is 5.80. The molecule has 0 saturated carbocycles. The van der Waals surface area contributed by atoms with Gasteiger partial charge in [0.05, 0.1) is 17.6 Å². The molecule has 116 valence electrons. The van der Waals surface area contributed by atoms with Crippen molar-refractivity contribution in [3.05, 3.63) is 42.7 Å². The third-order valence-electron chi connectivity index (χ3n) is 2.64. The number of amides is 1. The number of pyridine rings is 1. The molecule has 2 rings (SSSR count). The van der Waals surface area contributed by atoms with Crippen molar-refractivity contribution in [3.63, 3.8) is 0 Å². The summed E-state index contributed by atoms with van der Waals surface area (Å²) >= 11 is 0. The van der Waals surface area contributed by atoms with Gasteiger partial charge in [-0.15, -0.1) is 0 Å². The van der Waals surface area contributed by atoms with E-state index >= 15 is 0 Å². The Morgan fingerprint density at radius 2 is 1.95 bits per heavy atom. The molecule has 4 N–H and O–H groups in total. The molecule has 0 aliphatic heterocycles. The Balaban J connectivity index is 2.07. The van der Waals surface area contributed by atoms with Crippen LogP contribution in [-0.2, 0) is 4.74 Å². The van der Waals surface area contributed by atoms with E-state index in [1.165, 1.54) is 0 Å². The lowest BCUT2D eigenvalue weighted by molar-refractivity contribution is 0.0636. The van der Waals surface area contributed by atoms with Crippen molar-refractivity contribution in [2.45, 2.75) is 26.4 Å². The third kappa shape index (κ3) is 4.66. The van der Waals surface area contributed by atoms with Crippen molar-refractivity contribution in [2.75, 3.05) is 16.4 Å². The minimum atomic E-state index is -0.536. The van der Waals surface area contributed by atoms with E-state index in [9.17, 15) is 4.79 Å². The van der Waals surface area contributed by atoms with Crippen molar-refractivity contribution < 1.29 is 9.53 Å². The molecule has 1 aromatic heterocycles. The van der Waals surface area contributed by atoms with Gasteiger partial charge in [0.2, 0.25) is 0 Å². The maximum absolute atomic E-state index is 11.8. The Bertz CT molecular complexity index is 665. The van der Waals surface area contributed by atoms with E-state index in [1.807, 2.05) is 32.9 Å². The zero-order chi connectivity index (χ0) is 16.2. The van der Waals surface area contributed by atoms with E-state index in [0.717, 1.165) is 11.4 Å². The van der Waals surface area contributed by atoms with Gasteiger partial charge >= 0.3 is 6.09 Å². The number of ether oxygens (including phenoxy) is 1. The molecule has 1 amide bonds. The molecule has 2 aromatic rings. The van der Waals surface area contributed by atoms with Crippen LogP contribution in [0.4, 0.5) is 27.5 Å². The number of aromatic nitrogens is 1. The van der Waals surface area contributed by atoms with Crippen molar-refractivity contribution in [1.29, 1.82) is 0 Å². The first-order valence-corrected chi connectivity index (χ1v) is 6.90. The van der Waals surface area contributed by atoms with Crippen LogP contribution in [0.15, 0.2) is 42.7 Å².